The van der Waals surface area contributed by atoms with Crippen molar-refractivity contribution in [1.82, 2.24) is 20.4 Å². The molecule has 30 heavy (non-hydrogen) atoms. The number of nitrogens with zero attached hydrogens (tertiary/aromatic N) is 2. The first kappa shape index (κ1) is 20.3. The van der Waals surface area contributed by atoms with E-state index in [1.807, 2.05) is 36.1 Å². The number of aromatic nitrogens is 2. The summed E-state index contributed by atoms with van der Waals surface area (Å²) in [5.74, 6) is -0.725. The maximum absolute atomic E-state index is 12.2. The van der Waals surface area contributed by atoms with Crippen LogP contribution in [0.25, 0.3) is 0 Å². The van der Waals surface area contributed by atoms with E-state index in [0.29, 0.717) is 24.4 Å². The van der Waals surface area contributed by atoms with Crippen LogP contribution in [0.15, 0.2) is 30.5 Å². The molecule has 8 nitrogen and oxygen atoms in total. The van der Waals surface area contributed by atoms with Crippen molar-refractivity contribution in [1.29, 1.82) is 5.41 Å². The molecule has 8 heteroatoms. The fraction of sp³-hybridized carbons (Fsp3) is 0.455. The Morgan fingerprint density at radius 2 is 2.03 bits per heavy atom. The zero-order valence-corrected chi connectivity index (χ0v) is 17.2. The predicted octanol–water partition coefficient (Wildman–Crippen LogP) is 1.86. The van der Waals surface area contributed by atoms with Crippen LogP contribution in [0.4, 0.5) is 5.69 Å². The number of hydrogen-bond acceptors (Lipinski definition) is 6. The van der Waals surface area contributed by atoms with Gasteiger partial charge in [-0.1, -0.05) is 12.1 Å². The number of benzene rings is 1. The summed E-state index contributed by atoms with van der Waals surface area (Å²) in [5, 5.41) is 22.2. The molecule has 1 unspecified atom stereocenters. The van der Waals surface area contributed by atoms with Gasteiger partial charge in [0.05, 0.1) is 23.9 Å². The normalized spacial score (nSPS) is 20.1. The molecule has 0 saturated carbocycles. The van der Waals surface area contributed by atoms with Gasteiger partial charge in [-0.2, -0.15) is 5.10 Å². The van der Waals surface area contributed by atoms with Gasteiger partial charge in [0.2, 0.25) is 11.8 Å². The molecule has 2 fully saturated rings. The van der Waals surface area contributed by atoms with Crippen LogP contribution in [-0.4, -0.2) is 47.4 Å². The van der Waals surface area contributed by atoms with Gasteiger partial charge in [-0.05, 0) is 50.0 Å². The highest BCUT2D eigenvalue weighted by Gasteiger charge is 2.31. The second-order valence-electron chi connectivity index (χ2n) is 8.01. The fourth-order valence-electron chi connectivity index (χ4n) is 4.28. The summed E-state index contributed by atoms with van der Waals surface area (Å²) < 4.78 is 1.96. The van der Waals surface area contributed by atoms with Gasteiger partial charge in [-0.15, -0.1) is 0 Å². The average molecular weight is 409 g/mol. The zero-order chi connectivity index (χ0) is 21.1. The summed E-state index contributed by atoms with van der Waals surface area (Å²) in [4.78, 5) is 23.5. The number of nitrogens with one attached hydrogen (secondary N) is 4. The van der Waals surface area contributed by atoms with Crippen LogP contribution < -0.4 is 16.0 Å². The van der Waals surface area contributed by atoms with Gasteiger partial charge in [0, 0.05) is 36.8 Å². The Balaban J connectivity index is 1.48. The summed E-state index contributed by atoms with van der Waals surface area (Å²) in [7, 11) is 1.81. The lowest BCUT2D eigenvalue weighted by molar-refractivity contribution is -0.134. The largest absolute Gasteiger partial charge is 0.388 e. The molecule has 4 N–H and O–H groups in total. The molecule has 2 amide bonds. The van der Waals surface area contributed by atoms with E-state index in [0.717, 1.165) is 42.9 Å². The first-order chi connectivity index (χ1) is 14.5. The van der Waals surface area contributed by atoms with Gasteiger partial charge < -0.3 is 16.0 Å². The van der Waals surface area contributed by atoms with E-state index < -0.39 is 5.92 Å². The molecule has 1 aromatic carbocycles. The van der Waals surface area contributed by atoms with Crippen molar-refractivity contribution in [3.8, 4) is 0 Å². The van der Waals surface area contributed by atoms with Crippen LogP contribution in [0.3, 0.4) is 0 Å². The molecule has 0 spiro atoms. The second kappa shape index (κ2) is 8.79. The Hall–Kier alpha value is -3.00. The Kier molecular flexibility index (Phi) is 5.94. The monoisotopic (exact) mass is 408 g/mol. The molecule has 2 aromatic rings. The van der Waals surface area contributed by atoms with Gasteiger partial charge in [0.1, 0.15) is 0 Å². The van der Waals surface area contributed by atoms with E-state index in [9.17, 15) is 9.59 Å². The first-order valence-corrected chi connectivity index (χ1v) is 10.5. The number of piperidine rings is 2. The molecule has 1 aromatic heterocycles. The molecular formula is C22H28N6O2. The topological polar surface area (TPSA) is 112 Å². The van der Waals surface area contributed by atoms with Crippen LogP contribution in [0.2, 0.25) is 0 Å². The van der Waals surface area contributed by atoms with Crippen molar-refractivity contribution >= 4 is 23.2 Å². The van der Waals surface area contributed by atoms with E-state index >= 15 is 0 Å². The van der Waals surface area contributed by atoms with Crippen LogP contribution in [0, 0.1) is 11.3 Å². The third-order valence-electron chi connectivity index (χ3n) is 5.99. The average Bonchev–Trinajstić information content (AvgIpc) is 3.22. The standard InChI is InChI=1S/C22H28N6O2/c1-24-19-12-14(13-28-11-8-18(27-28)15-6-9-25-10-7-15)2-3-16(19)21(23)17-4-5-20(29)26-22(17)30/h2-3,8,11-12,15,17,23-25H,4-7,9-10,13H2,1H3,(H,26,29,30). The first-order valence-electron chi connectivity index (χ1n) is 10.5. The molecule has 2 aliphatic rings. The third-order valence-corrected chi connectivity index (χ3v) is 5.99. The maximum Gasteiger partial charge on any atom is 0.235 e. The molecule has 3 heterocycles. The van der Waals surface area contributed by atoms with Crippen molar-refractivity contribution in [2.75, 3.05) is 25.5 Å². The van der Waals surface area contributed by atoms with Gasteiger partial charge in [0.25, 0.3) is 0 Å². The number of carbonyl (C=O) groups excluding carboxylic acids is 2. The fourth-order valence-corrected chi connectivity index (χ4v) is 4.28. The van der Waals surface area contributed by atoms with E-state index in [1.54, 1.807) is 0 Å². The third kappa shape index (κ3) is 4.28. The van der Waals surface area contributed by atoms with E-state index in [2.05, 4.69) is 22.0 Å². The zero-order valence-electron chi connectivity index (χ0n) is 17.2. The van der Waals surface area contributed by atoms with Crippen molar-refractivity contribution in [3.63, 3.8) is 0 Å². The number of imide groups is 1. The molecule has 0 bridgehead atoms. The smallest absolute Gasteiger partial charge is 0.235 e. The number of hydrogen-bond donors (Lipinski definition) is 4. The number of rotatable bonds is 6. The predicted molar refractivity (Wildman–Crippen MR) is 115 cm³/mol. The number of carbonyl (C=O) groups is 2. The van der Waals surface area contributed by atoms with Gasteiger partial charge >= 0.3 is 0 Å². The summed E-state index contributed by atoms with van der Waals surface area (Å²) in [6.45, 7) is 2.74. The highest BCUT2D eigenvalue weighted by molar-refractivity contribution is 6.17. The molecule has 2 aliphatic heterocycles. The van der Waals surface area contributed by atoms with E-state index in [4.69, 9.17) is 10.5 Å². The van der Waals surface area contributed by atoms with Crippen LogP contribution in [0.1, 0.15) is 48.4 Å². The molecular weight excluding hydrogens is 380 g/mol. The quantitative estimate of drug-likeness (QED) is 0.431. The molecule has 0 aliphatic carbocycles. The highest BCUT2D eigenvalue weighted by Crippen LogP contribution is 2.26. The minimum atomic E-state index is -0.598. The lowest BCUT2D eigenvalue weighted by atomic mass is 9.88. The lowest BCUT2D eigenvalue weighted by Crippen LogP contribution is -2.44. The van der Waals surface area contributed by atoms with E-state index in [1.165, 1.54) is 0 Å². The minimum Gasteiger partial charge on any atom is -0.388 e. The van der Waals surface area contributed by atoms with E-state index in [-0.39, 0.29) is 23.9 Å². The maximum atomic E-state index is 12.2. The Labute approximate surface area is 175 Å². The Morgan fingerprint density at radius 1 is 1.23 bits per heavy atom. The SMILES string of the molecule is CNc1cc(Cn2ccc(C3CCNCC3)n2)ccc1C(=N)C1CCC(=O)NC1=O. The highest BCUT2D eigenvalue weighted by atomic mass is 16.2. The lowest BCUT2D eigenvalue weighted by Gasteiger charge is -2.23. The molecule has 158 valence electrons. The van der Waals surface area contributed by atoms with Gasteiger partial charge in [-0.25, -0.2) is 0 Å². The molecule has 1 atom stereocenters. The van der Waals surface area contributed by atoms with Crippen LogP contribution >= 0.6 is 0 Å². The van der Waals surface area contributed by atoms with Gasteiger partial charge in [0.15, 0.2) is 0 Å². The molecule has 2 saturated heterocycles. The minimum absolute atomic E-state index is 0.239. The van der Waals surface area contributed by atoms with Crippen molar-refractivity contribution in [2.45, 2.75) is 38.1 Å². The molecule has 4 rings (SSSR count). The summed E-state index contributed by atoms with van der Waals surface area (Å²) in [6, 6.07) is 7.97. The summed E-state index contributed by atoms with van der Waals surface area (Å²) in [5.41, 5.74) is 3.95. The number of amides is 2. The second-order valence-corrected chi connectivity index (χ2v) is 8.01. The Morgan fingerprint density at radius 3 is 2.77 bits per heavy atom. The van der Waals surface area contributed by atoms with Crippen molar-refractivity contribution < 1.29 is 9.59 Å². The van der Waals surface area contributed by atoms with Crippen LogP contribution in [-0.2, 0) is 16.1 Å². The summed E-state index contributed by atoms with van der Waals surface area (Å²) >= 11 is 0. The summed E-state index contributed by atoms with van der Waals surface area (Å²) in [6.07, 6.45) is 4.91. The molecule has 0 radical (unpaired) electrons. The van der Waals surface area contributed by atoms with Crippen LogP contribution in [0.5, 0.6) is 0 Å². The Bertz CT molecular complexity index is 960. The van der Waals surface area contributed by atoms with Crippen molar-refractivity contribution in [3.05, 3.63) is 47.3 Å². The van der Waals surface area contributed by atoms with Crippen molar-refractivity contribution in [2.24, 2.45) is 5.92 Å². The number of anilines is 1. The van der Waals surface area contributed by atoms with Gasteiger partial charge in [-0.3, -0.25) is 19.6 Å².